The highest BCUT2D eigenvalue weighted by Crippen LogP contribution is 2.18. The van der Waals surface area contributed by atoms with Crippen molar-refractivity contribution >= 4 is 5.69 Å². The van der Waals surface area contributed by atoms with Crippen LogP contribution in [0.1, 0.15) is 45.1 Å². The Balaban J connectivity index is 1.73. The zero-order chi connectivity index (χ0) is 17.0. The molecule has 2 rings (SSSR count). The molecule has 0 unspecified atom stereocenters. The second-order valence-electron chi connectivity index (χ2n) is 5.86. The summed E-state index contributed by atoms with van der Waals surface area (Å²) < 4.78 is 11.2. The van der Waals surface area contributed by atoms with Crippen molar-refractivity contribution in [3.05, 3.63) is 54.1 Å². The fourth-order valence-electron chi connectivity index (χ4n) is 2.46. The summed E-state index contributed by atoms with van der Waals surface area (Å²) in [6, 6.07) is 16.4. The average Bonchev–Trinajstić information content (AvgIpc) is 2.62. The van der Waals surface area contributed by atoms with Crippen molar-refractivity contribution in [1.29, 1.82) is 0 Å². The highest BCUT2D eigenvalue weighted by Gasteiger charge is 1.98. The molecule has 0 saturated heterocycles. The summed E-state index contributed by atoms with van der Waals surface area (Å²) in [6.07, 6.45) is 4.93. The third-order valence-electron chi connectivity index (χ3n) is 3.85. The minimum Gasteiger partial charge on any atom is -0.494 e. The molecule has 0 saturated carbocycles. The molecule has 130 valence electrons. The van der Waals surface area contributed by atoms with Gasteiger partial charge in [-0.2, -0.15) is 0 Å². The second kappa shape index (κ2) is 10.6. The van der Waals surface area contributed by atoms with Gasteiger partial charge in [-0.05, 0) is 55.3 Å². The molecule has 0 radical (unpaired) electrons. The maximum Gasteiger partial charge on any atom is 0.119 e. The van der Waals surface area contributed by atoms with Gasteiger partial charge in [-0.1, -0.05) is 38.3 Å². The van der Waals surface area contributed by atoms with Crippen LogP contribution in [-0.2, 0) is 6.54 Å². The van der Waals surface area contributed by atoms with Crippen LogP contribution in [0.15, 0.2) is 48.5 Å². The van der Waals surface area contributed by atoms with Crippen LogP contribution in [0.2, 0.25) is 0 Å². The quantitative estimate of drug-likeness (QED) is 0.540. The molecule has 0 aliphatic carbocycles. The van der Waals surface area contributed by atoms with Gasteiger partial charge < -0.3 is 14.8 Å². The molecular formula is C21H29NO2. The first-order chi connectivity index (χ1) is 11.8. The van der Waals surface area contributed by atoms with E-state index < -0.39 is 0 Å². The Morgan fingerprint density at radius 1 is 0.750 bits per heavy atom. The molecule has 0 bridgehead atoms. The number of unbranched alkanes of at least 4 members (excludes halogenated alkanes) is 3. The molecule has 0 aromatic heterocycles. The van der Waals surface area contributed by atoms with Gasteiger partial charge in [0.1, 0.15) is 11.5 Å². The van der Waals surface area contributed by atoms with Crippen molar-refractivity contribution in [3.63, 3.8) is 0 Å². The first-order valence-electron chi connectivity index (χ1n) is 9.00. The van der Waals surface area contributed by atoms with Crippen molar-refractivity contribution < 1.29 is 9.47 Å². The molecule has 0 aliphatic rings. The van der Waals surface area contributed by atoms with Crippen LogP contribution in [0.3, 0.4) is 0 Å². The van der Waals surface area contributed by atoms with Crippen LogP contribution >= 0.6 is 0 Å². The van der Waals surface area contributed by atoms with Gasteiger partial charge in [-0.3, -0.25) is 0 Å². The molecule has 0 aliphatic heterocycles. The Labute approximate surface area is 146 Å². The van der Waals surface area contributed by atoms with E-state index in [1.807, 2.05) is 31.2 Å². The van der Waals surface area contributed by atoms with Gasteiger partial charge in [0.05, 0.1) is 13.2 Å². The van der Waals surface area contributed by atoms with Crippen LogP contribution < -0.4 is 14.8 Å². The Kier molecular flexibility index (Phi) is 8.02. The monoisotopic (exact) mass is 327 g/mol. The van der Waals surface area contributed by atoms with E-state index in [0.717, 1.165) is 36.8 Å². The SMILES string of the molecule is CCCCCCOc1ccc(NCc2ccc(OCC)cc2)cc1. The zero-order valence-corrected chi connectivity index (χ0v) is 14.9. The summed E-state index contributed by atoms with van der Waals surface area (Å²) in [5.74, 6) is 1.86. The van der Waals surface area contributed by atoms with Crippen LogP contribution in [0.25, 0.3) is 0 Å². The Morgan fingerprint density at radius 2 is 1.42 bits per heavy atom. The molecule has 1 N–H and O–H groups in total. The molecule has 0 amide bonds. The van der Waals surface area contributed by atoms with Crippen LogP contribution in [0.4, 0.5) is 5.69 Å². The van der Waals surface area contributed by atoms with Gasteiger partial charge in [0.15, 0.2) is 0 Å². The van der Waals surface area contributed by atoms with Gasteiger partial charge in [-0.15, -0.1) is 0 Å². The topological polar surface area (TPSA) is 30.5 Å². The van der Waals surface area contributed by atoms with Crippen molar-refractivity contribution in [2.75, 3.05) is 18.5 Å². The highest BCUT2D eigenvalue weighted by atomic mass is 16.5. The molecule has 3 heteroatoms. The predicted molar refractivity (Wildman–Crippen MR) is 101 cm³/mol. The van der Waals surface area contributed by atoms with Gasteiger partial charge in [-0.25, -0.2) is 0 Å². The van der Waals surface area contributed by atoms with E-state index in [0.29, 0.717) is 6.61 Å². The number of ether oxygens (including phenoxy) is 2. The molecule has 0 heterocycles. The first-order valence-corrected chi connectivity index (χ1v) is 9.00. The number of nitrogens with one attached hydrogen (secondary N) is 1. The Hall–Kier alpha value is -2.16. The predicted octanol–water partition coefficient (Wildman–Crippen LogP) is 5.66. The van der Waals surface area contributed by atoms with Gasteiger partial charge in [0, 0.05) is 12.2 Å². The van der Waals surface area contributed by atoms with Crippen molar-refractivity contribution in [2.24, 2.45) is 0 Å². The first kappa shape index (κ1) is 18.2. The smallest absolute Gasteiger partial charge is 0.119 e. The van der Waals surface area contributed by atoms with E-state index in [4.69, 9.17) is 9.47 Å². The second-order valence-corrected chi connectivity index (χ2v) is 5.86. The maximum atomic E-state index is 5.76. The lowest BCUT2D eigenvalue weighted by atomic mass is 10.2. The lowest BCUT2D eigenvalue weighted by Gasteiger charge is -2.10. The number of hydrogen-bond donors (Lipinski definition) is 1. The molecule has 2 aromatic carbocycles. The molecule has 24 heavy (non-hydrogen) atoms. The van der Waals surface area contributed by atoms with Crippen LogP contribution in [-0.4, -0.2) is 13.2 Å². The van der Waals surface area contributed by atoms with E-state index in [9.17, 15) is 0 Å². The van der Waals surface area contributed by atoms with Crippen molar-refractivity contribution in [3.8, 4) is 11.5 Å². The fraction of sp³-hybridized carbons (Fsp3) is 0.429. The third-order valence-corrected chi connectivity index (χ3v) is 3.85. The summed E-state index contributed by atoms with van der Waals surface area (Å²) in [5, 5.41) is 3.43. The summed E-state index contributed by atoms with van der Waals surface area (Å²) in [7, 11) is 0. The van der Waals surface area contributed by atoms with Gasteiger partial charge in [0.2, 0.25) is 0 Å². The molecule has 0 spiro atoms. The molecular weight excluding hydrogens is 298 g/mol. The van der Waals surface area contributed by atoms with E-state index in [2.05, 4.69) is 36.5 Å². The lowest BCUT2D eigenvalue weighted by Crippen LogP contribution is -2.00. The summed E-state index contributed by atoms with van der Waals surface area (Å²) in [5.41, 5.74) is 2.33. The number of rotatable bonds is 11. The summed E-state index contributed by atoms with van der Waals surface area (Å²) in [4.78, 5) is 0. The fourth-order valence-corrected chi connectivity index (χ4v) is 2.46. The number of benzene rings is 2. The highest BCUT2D eigenvalue weighted by molar-refractivity contribution is 5.47. The zero-order valence-electron chi connectivity index (χ0n) is 14.9. The third kappa shape index (κ3) is 6.53. The van der Waals surface area contributed by atoms with E-state index in [1.165, 1.54) is 24.8 Å². The molecule has 3 nitrogen and oxygen atoms in total. The van der Waals surface area contributed by atoms with Gasteiger partial charge in [0.25, 0.3) is 0 Å². The Morgan fingerprint density at radius 3 is 2.08 bits per heavy atom. The van der Waals surface area contributed by atoms with Crippen molar-refractivity contribution in [1.82, 2.24) is 0 Å². The lowest BCUT2D eigenvalue weighted by molar-refractivity contribution is 0.305. The van der Waals surface area contributed by atoms with E-state index in [-0.39, 0.29) is 0 Å². The van der Waals surface area contributed by atoms with E-state index in [1.54, 1.807) is 0 Å². The summed E-state index contributed by atoms with van der Waals surface area (Å²) in [6.45, 7) is 6.52. The number of anilines is 1. The van der Waals surface area contributed by atoms with Crippen LogP contribution in [0, 0.1) is 0 Å². The minimum absolute atomic E-state index is 0.699. The summed E-state index contributed by atoms with van der Waals surface area (Å²) >= 11 is 0. The van der Waals surface area contributed by atoms with E-state index >= 15 is 0 Å². The average molecular weight is 327 g/mol. The largest absolute Gasteiger partial charge is 0.494 e. The molecule has 0 fully saturated rings. The molecule has 2 aromatic rings. The normalized spacial score (nSPS) is 10.4. The van der Waals surface area contributed by atoms with Crippen LogP contribution in [0.5, 0.6) is 11.5 Å². The molecule has 0 atom stereocenters. The standard InChI is InChI=1S/C21H29NO2/c1-3-5-6-7-16-24-21-14-10-19(11-15-21)22-17-18-8-12-20(13-9-18)23-4-2/h8-15,22H,3-7,16-17H2,1-2H3. The maximum absolute atomic E-state index is 5.76. The Bertz CT molecular complexity index is 563. The number of hydrogen-bond acceptors (Lipinski definition) is 3. The van der Waals surface area contributed by atoms with Gasteiger partial charge >= 0.3 is 0 Å². The van der Waals surface area contributed by atoms with Crippen molar-refractivity contribution in [2.45, 2.75) is 46.1 Å². The minimum atomic E-state index is 0.699.